The molecule has 0 saturated carbocycles. The number of ether oxygens (including phenoxy) is 2. The van der Waals surface area contributed by atoms with Crippen LogP contribution in [0.4, 0.5) is 0 Å². The average molecular weight is 147 g/mol. The van der Waals surface area contributed by atoms with E-state index in [1.807, 2.05) is 0 Å². The summed E-state index contributed by atoms with van der Waals surface area (Å²) in [5.74, 6) is -0.983. The molecule has 5 heteroatoms. The molecule has 0 aromatic rings. The van der Waals surface area contributed by atoms with Gasteiger partial charge in [0, 0.05) is 4.92 Å². The SMILES string of the molecule is CC1(C[N+](=O)[O-])OCCO1. The van der Waals surface area contributed by atoms with Gasteiger partial charge in [-0.15, -0.1) is 0 Å². The molecule has 0 amide bonds. The molecule has 5 nitrogen and oxygen atoms in total. The van der Waals surface area contributed by atoms with Crippen LogP contribution in [0.1, 0.15) is 6.92 Å². The van der Waals surface area contributed by atoms with Crippen molar-refractivity contribution < 1.29 is 14.4 Å². The van der Waals surface area contributed by atoms with E-state index in [1.54, 1.807) is 6.92 Å². The van der Waals surface area contributed by atoms with E-state index in [0.717, 1.165) is 0 Å². The van der Waals surface area contributed by atoms with E-state index in [2.05, 4.69) is 0 Å². The van der Waals surface area contributed by atoms with Gasteiger partial charge >= 0.3 is 0 Å². The molecule has 1 saturated heterocycles. The quantitative estimate of drug-likeness (QED) is 0.408. The van der Waals surface area contributed by atoms with Gasteiger partial charge in [-0.1, -0.05) is 0 Å². The summed E-state index contributed by atoms with van der Waals surface area (Å²) >= 11 is 0. The number of nitro groups is 1. The van der Waals surface area contributed by atoms with Gasteiger partial charge in [-0.2, -0.15) is 0 Å². The molecule has 1 fully saturated rings. The van der Waals surface area contributed by atoms with E-state index in [1.165, 1.54) is 0 Å². The van der Waals surface area contributed by atoms with Crippen LogP contribution >= 0.6 is 0 Å². The Bertz CT molecular complexity index is 141. The van der Waals surface area contributed by atoms with Gasteiger partial charge in [-0.05, 0) is 6.92 Å². The second-order valence-electron chi connectivity index (χ2n) is 2.32. The molecule has 1 aliphatic rings. The Labute approximate surface area is 58.1 Å². The van der Waals surface area contributed by atoms with E-state index in [-0.39, 0.29) is 6.54 Å². The fourth-order valence-corrected chi connectivity index (χ4v) is 0.883. The van der Waals surface area contributed by atoms with Crippen LogP contribution in [0.3, 0.4) is 0 Å². The number of hydrogen-bond acceptors (Lipinski definition) is 4. The van der Waals surface area contributed by atoms with Crippen LogP contribution in [0.15, 0.2) is 0 Å². The molecule has 0 atom stereocenters. The van der Waals surface area contributed by atoms with Crippen molar-refractivity contribution in [2.75, 3.05) is 19.8 Å². The Morgan fingerprint density at radius 2 is 2.10 bits per heavy atom. The van der Waals surface area contributed by atoms with Crippen molar-refractivity contribution in [2.45, 2.75) is 12.7 Å². The Morgan fingerprint density at radius 3 is 2.50 bits per heavy atom. The second kappa shape index (κ2) is 2.51. The predicted octanol–water partition coefficient (Wildman–Crippen LogP) is 0.0261. The van der Waals surface area contributed by atoms with Gasteiger partial charge in [-0.3, -0.25) is 10.1 Å². The summed E-state index contributed by atoms with van der Waals surface area (Å²) in [5.41, 5.74) is 0. The largest absolute Gasteiger partial charge is 0.342 e. The summed E-state index contributed by atoms with van der Waals surface area (Å²) in [6.07, 6.45) is 0. The highest BCUT2D eigenvalue weighted by Crippen LogP contribution is 2.17. The zero-order chi connectivity index (χ0) is 7.61. The molecule has 0 aliphatic carbocycles. The highest BCUT2D eigenvalue weighted by Gasteiger charge is 2.36. The van der Waals surface area contributed by atoms with Gasteiger partial charge in [0.15, 0.2) is 0 Å². The minimum absolute atomic E-state index is 0.285. The molecule has 0 unspecified atom stereocenters. The third-order valence-corrected chi connectivity index (χ3v) is 1.31. The Morgan fingerprint density at radius 1 is 1.60 bits per heavy atom. The minimum atomic E-state index is -0.983. The van der Waals surface area contributed by atoms with Gasteiger partial charge < -0.3 is 9.47 Å². The van der Waals surface area contributed by atoms with Gasteiger partial charge in [0.25, 0.3) is 6.54 Å². The van der Waals surface area contributed by atoms with Crippen LogP contribution < -0.4 is 0 Å². The van der Waals surface area contributed by atoms with E-state index < -0.39 is 10.7 Å². The average Bonchev–Trinajstić information content (AvgIpc) is 2.12. The fraction of sp³-hybridized carbons (Fsp3) is 1.00. The summed E-state index contributed by atoms with van der Waals surface area (Å²) in [5, 5.41) is 10.0. The smallest absolute Gasteiger partial charge is 0.256 e. The van der Waals surface area contributed by atoms with Gasteiger partial charge in [0.05, 0.1) is 13.2 Å². The van der Waals surface area contributed by atoms with Crippen molar-refractivity contribution in [1.29, 1.82) is 0 Å². The van der Waals surface area contributed by atoms with Crippen LogP contribution in [0, 0.1) is 10.1 Å². The van der Waals surface area contributed by atoms with Crippen LogP contribution in [-0.4, -0.2) is 30.5 Å². The van der Waals surface area contributed by atoms with Crippen molar-refractivity contribution in [3.63, 3.8) is 0 Å². The van der Waals surface area contributed by atoms with Crippen molar-refractivity contribution >= 4 is 0 Å². The molecule has 1 aliphatic heterocycles. The lowest BCUT2D eigenvalue weighted by molar-refractivity contribution is -0.514. The highest BCUT2D eigenvalue weighted by atomic mass is 16.7. The third kappa shape index (κ3) is 1.65. The zero-order valence-electron chi connectivity index (χ0n) is 5.70. The van der Waals surface area contributed by atoms with E-state index in [9.17, 15) is 10.1 Å². The lowest BCUT2D eigenvalue weighted by Crippen LogP contribution is -2.34. The molecule has 58 valence electrons. The molecular weight excluding hydrogens is 138 g/mol. The monoisotopic (exact) mass is 147 g/mol. The van der Waals surface area contributed by atoms with Gasteiger partial charge in [0.2, 0.25) is 5.79 Å². The van der Waals surface area contributed by atoms with Gasteiger partial charge in [0.1, 0.15) is 0 Å². The minimum Gasteiger partial charge on any atom is -0.342 e. The Hall–Kier alpha value is -0.680. The lowest BCUT2D eigenvalue weighted by Gasteiger charge is -2.15. The maximum Gasteiger partial charge on any atom is 0.256 e. The van der Waals surface area contributed by atoms with E-state index in [0.29, 0.717) is 13.2 Å². The maximum absolute atomic E-state index is 10.0. The molecule has 0 bridgehead atoms. The molecule has 0 radical (unpaired) electrons. The van der Waals surface area contributed by atoms with Crippen molar-refractivity contribution in [3.05, 3.63) is 10.1 Å². The van der Waals surface area contributed by atoms with E-state index >= 15 is 0 Å². The van der Waals surface area contributed by atoms with Crippen molar-refractivity contribution in [1.82, 2.24) is 0 Å². The lowest BCUT2D eigenvalue weighted by atomic mass is 10.3. The predicted molar refractivity (Wildman–Crippen MR) is 32.2 cm³/mol. The number of hydrogen-bond donors (Lipinski definition) is 0. The van der Waals surface area contributed by atoms with Gasteiger partial charge in [-0.25, -0.2) is 0 Å². The third-order valence-electron chi connectivity index (χ3n) is 1.31. The maximum atomic E-state index is 10.0. The first-order valence-corrected chi connectivity index (χ1v) is 3.02. The first-order valence-electron chi connectivity index (χ1n) is 3.02. The molecule has 10 heavy (non-hydrogen) atoms. The summed E-state index contributed by atoms with van der Waals surface area (Å²) in [6.45, 7) is 2.18. The van der Waals surface area contributed by atoms with Crippen molar-refractivity contribution in [3.8, 4) is 0 Å². The molecule has 0 aromatic heterocycles. The van der Waals surface area contributed by atoms with Crippen LogP contribution in [0.2, 0.25) is 0 Å². The molecule has 1 rings (SSSR count). The fourth-order valence-electron chi connectivity index (χ4n) is 0.883. The Balaban J connectivity index is 2.43. The standard InChI is InChI=1S/C5H9NO4/c1-5(4-6(7)8)9-2-3-10-5/h2-4H2,1H3. The first kappa shape index (κ1) is 7.43. The molecule has 0 spiro atoms. The topological polar surface area (TPSA) is 61.6 Å². The summed E-state index contributed by atoms with van der Waals surface area (Å²) in [6, 6.07) is 0. The van der Waals surface area contributed by atoms with Crippen LogP contribution in [0.5, 0.6) is 0 Å². The van der Waals surface area contributed by atoms with E-state index in [4.69, 9.17) is 9.47 Å². The highest BCUT2D eigenvalue weighted by molar-refractivity contribution is 4.65. The second-order valence-corrected chi connectivity index (χ2v) is 2.32. The molecule has 0 aromatic carbocycles. The number of nitrogens with zero attached hydrogens (tertiary/aromatic N) is 1. The summed E-state index contributed by atoms with van der Waals surface area (Å²) in [7, 11) is 0. The summed E-state index contributed by atoms with van der Waals surface area (Å²) in [4.78, 5) is 9.57. The van der Waals surface area contributed by atoms with Crippen LogP contribution in [0.25, 0.3) is 0 Å². The first-order chi connectivity index (χ1) is 4.62. The molecule has 1 heterocycles. The molecular formula is C5H9NO4. The molecule has 0 N–H and O–H groups in total. The normalized spacial score (nSPS) is 22.9. The Kier molecular flexibility index (Phi) is 1.87. The van der Waals surface area contributed by atoms with Crippen molar-refractivity contribution in [2.24, 2.45) is 0 Å². The zero-order valence-corrected chi connectivity index (χ0v) is 5.70. The summed E-state index contributed by atoms with van der Waals surface area (Å²) < 4.78 is 9.97. The van der Waals surface area contributed by atoms with Crippen LogP contribution in [-0.2, 0) is 9.47 Å². The number of rotatable bonds is 2.